The molecule has 0 spiro atoms. The molecule has 0 saturated carbocycles. The first kappa shape index (κ1) is 34.1. The number of amides is 1. The average molecular weight is 703 g/mol. The maximum Gasteiger partial charge on any atom is 0.417 e. The lowest BCUT2D eigenvalue weighted by atomic mass is 9.90. The molecule has 0 aliphatic rings. The van der Waals surface area contributed by atoms with Gasteiger partial charge in [0, 0.05) is 30.4 Å². The first-order valence-electron chi connectivity index (χ1n) is 14.6. The van der Waals surface area contributed by atoms with E-state index in [4.69, 9.17) is 0 Å². The normalized spacial score (nSPS) is 12.9. The standard InChI is InChI=1S/C34H22F8N4O4/c1-45-24-11-3-2-7-21(24)27(34(40,41)42)25(31(45)48)20-10-5-8-18-16(6-4-9-19(18)20)13-23(32(49)50)43-30(47)26-22(35)12-17-14-46(15-33(37,38)39)44-29(17)28(26)36/h2-12,14,23H,13,15H2,1H3,(H,43,47)(H,49,50)/t23-/m0/s1. The predicted molar refractivity (Wildman–Crippen MR) is 165 cm³/mol. The highest BCUT2D eigenvalue weighted by molar-refractivity contribution is 6.03. The van der Waals surface area contributed by atoms with E-state index in [1.165, 1.54) is 67.7 Å². The zero-order valence-electron chi connectivity index (χ0n) is 25.5. The molecule has 8 nitrogen and oxygen atoms in total. The monoisotopic (exact) mass is 702 g/mol. The zero-order valence-corrected chi connectivity index (χ0v) is 25.5. The third kappa shape index (κ3) is 6.12. The number of hydrogen-bond donors (Lipinski definition) is 2. The van der Waals surface area contributed by atoms with E-state index in [0.29, 0.717) is 10.7 Å². The number of carboxylic acid groups (broad SMARTS) is 1. The van der Waals surface area contributed by atoms with Gasteiger partial charge in [0.25, 0.3) is 11.5 Å². The highest BCUT2D eigenvalue weighted by atomic mass is 19.4. The second-order valence-corrected chi connectivity index (χ2v) is 11.4. The molecule has 2 heterocycles. The molecule has 0 aliphatic carbocycles. The molecule has 2 aromatic heterocycles. The average Bonchev–Trinajstić information content (AvgIpc) is 3.42. The number of alkyl halides is 6. The predicted octanol–water partition coefficient (Wildman–Crippen LogP) is 6.99. The molecule has 6 rings (SSSR count). The van der Waals surface area contributed by atoms with Gasteiger partial charge in [0.05, 0.1) is 16.6 Å². The van der Waals surface area contributed by atoms with E-state index in [1.54, 1.807) is 0 Å². The summed E-state index contributed by atoms with van der Waals surface area (Å²) in [7, 11) is 1.34. The van der Waals surface area contributed by atoms with Crippen molar-refractivity contribution < 1.29 is 49.8 Å². The Morgan fingerprint density at radius 1 is 0.920 bits per heavy atom. The van der Waals surface area contributed by atoms with Crippen molar-refractivity contribution in [1.29, 1.82) is 0 Å². The summed E-state index contributed by atoms with van der Waals surface area (Å²) in [5.74, 6) is -6.30. The maximum absolute atomic E-state index is 15.3. The van der Waals surface area contributed by atoms with Crippen LogP contribution in [-0.4, -0.2) is 43.5 Å². The lowest BCUT2D eigenvalue weighted by Crippen LogP contribution is -2.43. The van der Waals surface area contributed by atoms with E-state index in [1.807, 2.05) is 5.32 Å². The smallest absolute Gasteiger partial charge is 0.417 e. The van der Waals surface area contributed by atoms with E-state index in [0.717, 1.165) is 10.8 Å². The molecular formula is C34H22F8N4O4. The van der Waals surface area contributed by atoms with E-state index in [2.05, 4.69) is 5.10 Å². The number of aryl methyl sites for hydroxylation is 1. The molecule has 0 fully saturated rings. The number of nitrogens with one attached hydrogen (secondary N) is 1. The quantitative estimate of drug-likeness (QED) is 0.175. The van der Waals surface area contributed by atoms with Crippen molar-refractivity contribution in [3.05, 3.63) is 112 Å². The van der Waals surface area contributed by atoms with Crippen LogP contribution in [0.1, 0.15) is 21.5 Å². The van der Waals surface area contributed by atoms with Crippen molar-refractivity contribution in [2.24, 2.45) is 7.05 Å². The highest BCUT2D eigenvalue weighted by Gasteiger charge is 2.38. The van der Waals surface area contributed by atoms with Crippen molar-refractivity contribution in [3.63, 3.8) is 0 Å². The minimum absolute atomic E-state index is 0.0521. The number of pyridine rings is 1. The number of carbonyl (C=O) groups excluding carboxylic acids is 1. The summed E-state index contributed by atoms with van der Waals surface area (Å²) in [6, 6.07) is 12.7. The van der Waals surface area contributed by atoms with Crippen LogP contribution >= 0.6 is 0 Å². The Morgan fingerprint density at radius 2 is 1.58 bits per heavy atom. The van der Waals surface area contributed by atoms with Crippen LogP contribution in [0.25, 0.3) is 43.7 Å². The van der Waals surface area contributed by atoms with Crippen molar-refractivity contribution in [2.45, 2.75) is 31.4 Å². The summed E-state index contributed by atoms with van der Waals surface area (Å²) >= 11 is 0. The molecular weight excluding hydrogens is 680 g/mol. The number of para-hydroxylation sites is 1. The highest BCUT2D eigenvalue weighted by Crippen LogP contribution is 2.42. The molecule has 2 N–H and O–H groups in total. The lowest BCUT2D eigenvalue weighted by Gasteiger charge is -2.20. The zero-order chi connectivity index (χ0) is 36.3. The fourth-order valence-corrected chi connectivity index (χ4v) is 6.08. The number of rotatable bonds is 7. The fourth-order valence-electron chi connectivity index (χ4n) is 6.08. The molecule has 258 valence electrons. The van der Waals surface area contributed by atoms with E-state index >= 15 is 4.39 Å². The van der Waals surface area contributed by atoms with Gasteiger partial charge in [0.15, 0.2) is 5.82 Å². The van der Waals surface area contributed by atoms with Gasteiger partial charge in [-0.1, -0.05) is 54.6 Å². The van der Waals surface area contributed by atoms with Crippen molar-refractivity contribution >= 4 is 44.5 Å². The molecule has 4 aromatic carbocycles. The van der Waals surface area contributed by atoms with Gasteiger partial charge in [-0.2, -0.15) is 31.4 Å². The molecule has 50 heavy (non-hydrogen) atoms. The Hall–Kier alpha value is -5.80. The molecule has 0 radical (unpaired) electrons. The summed E-state index contributed by atoms with van der Waals surface area (Å²) in [5.41, 5.74) is -4.63. The number of nitrogens with zero attached hydrogens (tertiary/aromatic N) is 3. The molecule has 6 aromatic rings. The van der Waals surface area contributed by atoms with Crippen molar-refractivity contribution in [3.8, 4) is 11.1 Å². The van der Waals surface area contributed by atoms with Crippen molar-refractivity contribution in [2.75, 3.05) is 0 Å². The number of aliphatic carboxylic acids is 1. The minimum Gasteiger partial charge on any atom is -0.480 e. The minimum atomic E-state index is -4.95. The van der Waals surface area contributed by atoms with Gasteiger partial charge >= 0.3 is 18.3 Å². The van der Waals surface area contributed by atoms with E-state index < -0.39 is 82.6 Å². The Balaban J connectivity index is 1.40. The van der Waals surface area contributed by atoms with Gasteiger partial charge in [0.1, 0.15) is 29.5 Å². The van der Waals surface area contributed by atoms with Gasteiger partial charge in [-0.05, 0) is 34.0 Å². The van der Waals surface area contributed by atoms with Crippen LogP contribution in [0.15, 0.2) is 77.7 Å². The second kappa shape index (κ2) is 12.3. The van der Waals surface area contributed by atoms with Gasteiger partial charge in [0.2, 0.25) is 0 Å². The van der Waals surface area contributed by atoms with Crippen LogP contribution < -0.4 is 10.9 Å². The lowest BCUT2D eigenvalue weighted by molar-refractivity contribution is -0.142. The Bertz CT molecular complexity index is 2410. The van der Waals surface area contributed by atoms with Crippen LogP contribution in [-0.2, 0) is 31.0 Å². The molecule has 0 unspecified atom stereocenters. The van der Waals surface area contributed by atoms with Crippen LogP contribution in [0.3, 0.4) is 0 Å². The SMILES string of the molecule is Cn1c(=O)c(-c2cccc3c(C[C@H](NC(=O)c4c(F)cc5cn(CC(F)(F)F)nc5c4F)C(=O)O)cccc23)c(C(F)(F)F)c2ccccc21. The number of carbonyl (C=O) groups is 2. The van der Waals surface area contributed by atoms with Gasteiger partial charge in [-0.25, -0.2) is 13.6 Å². The van der Waals surface area contributed by atoms with E-state index in [9.17, 15) is 50.2 Å². The topological polar surface area (TPSA) is 106 Å². The largest absolute Gasteiger partial charge is 0.480 e. The fraction of sp³-hybridized carbons (Fsp3) is 0.176. The molecule has 0 bridgehead atoms. The summed E-state index contributed by atoms with van der Waals surface area (Å²) < 4.78 is 114. The van der Waals surface area contributed by atoms with Crippen molar-refractivity contribution in [1.82, 2.24) is 19.7 Å². The number of aromatic nitrogens is 3. The Morgan fingerprint density at radius 3 is 2.26 bits per heavy atom. The molecule has 0 aliphatic heterocycles. The molecule has 16 heteroatoms. The maximum atomic E-state index is 15.3. The summed E-state index contributed by atoms with van der Waals surface area (Å²) in [6.07, 6.45) is -9.49. The van der Waals surface area contributed by atoms with Crippen LogP contribution in [0.4, 0.5) is 35.1 Å². The first-order chi connectivity index (χ1) is 23.5. The Labute approximate surface area is 275 Å². The van der Waals surface area contributed by atoms with Crippen LogP contribution in [0, 0.1) is 11.6 Å². The van der Waals surface area contributed by atoms with Gasteiger partial charge in [-0.3, -0.25) is 14.3 Å². The van der Waals surface area contributed by atoms with Gasteiger partial charge < -0.3 is 15.0 Å². The number of fused-ring (bicyclic) bond motifs is 3. The summed E-state index contributed by atoms with van der Waals surface area (Å²) in [5, 5.41) is 15.2. The number of halogens is 8. The second-order valence-electron chi connectivity index (χ2n) is 11.4. The molecule has 1 atom stereocenters. The Kier molecular flexibility index (Phi) is 8.36. The van der Waals surface area contributed by atoms with Gasteiger partial charge in [-0.15, -0.1) is 0 Å². The van der Waals surface area contributed by atoms with Crippen LogP contribution in [0.2, 0.25) is 0 Å². The summed E-state index contributed by atoms with van der Waals surface area (Å²) in [4.78, 5) is 38.9. The third-order valence-electron chi connectivity index (χ3n) is 8.20. The first-order valence-corrected chi connectivity index (χ1v) is 14.6. The third-order valence-corrected chi connectivity index (χ3v) is 8.20. The number of hydrogen-bond acceptors (Lipinski definition) is 4. The van der Waals surface area contributed by atoms with E-state index in [-0.39, 0.29) is 38.2 Å². The molecule has 1 amide bonds. The van der Waals surface area contributed by atoms with Crippen LogP contribution in [0.5, 0.6) is 0 Å². The number of benzene rings is 4. The summed E-state index contributed by atoms with van der Waals surface area (Å²) in [6.45, 7) is -1.62. The molecule has 0 saturated heterocycles. The number of carboxylic acids is 1.